The molecule has 1 aromatic rings. The highest BCUT2D eigenvalue weighted by Gasteiger charge is 2.30. The maximum absolute atomic E-state index is 11.8. The van der Waals surface area contributed by atoms with E-state index in [1.807, 2.05) is 13.0 Å². The standard InChI is InChI=1S/C15H18O5/c1-8-10(15(16)20-5)6-9-7-11(17-2)13(18-3)14(19-4)12(8)9/h7H,6H2,1-5H3. The van der Waals surface area contributed by atoms with Crippen LogP contribution in [0.25, 0.3) is 5.57 Å². The third-order valence-electron chi connectivity index (χ3n) is 3.54. The van der Waals surface area contributed by atoms with Gasteiger partial charge in [0, 0.05) is 17.6 Å². The van der Waals surface area contributed by atoms with E-state index in [2.05, 4.69) is 0 Å². The number of benzene rings is 1. The summed E-state index contributed by atoms with van der Waals surface area (Å²) in [6, 6.07) is 1.87. The zero-order valence-electron chi connectivity index (χ0n) is 12.3. The molecule has 0 spiro atoms. The van der Waals surface area contributed by atoms with E-state index in [4.69, 9.17) is 18.9 Å². The summed E-state index contributed by atoms with van der Waals surface area (Å²) in [6.07, 6.45) is 0.505. The molecule has 1 aromatic carbocycles. The lowest BCUT2D eigenvalue weighted by molar-refractivity contribution is -0.136. The fourth-order valence-electron chi connectivity index (χ4n) is 2.58. The van der Waals surface area contributed by atoms with Crippen molar-refractivity contribution in [3.63, 3.8) is 0 Å². The summed E-state index contributed by atoms with van der Waals surface area (Å²) in [6.45, 7) is 1.88. The van der Waals surface area contributed by atoms with Gasteiger partial charge in [-0.05, 0) is 24.1 Å². The van der Waals surface area contributed by atoms with E-state index in [0.29, 0.717) is 29.2 Å². The van der Waals surface area contributed by atoms with E-state index >= 15 is 0 Å². The van der Waals surface area contributed by atoms with E-state index in [9.17, 15) is 4.79 Å². The molecule has 0 unspecified atom stereocenters. The summed E-state index contributed by atoms with van der Waals surface area (Å²) in [5, 5.41) is 0. The second-order valence-electron chi connectivity index (χ2n) is 4.45. The molecule has 0 aliphatic heterocycles. The van der Waals surface area contributed by atoms with Gasteiger partial charge in [-0.1, -0.05) is 0 Å². The molecule has 1 aliphatic rings. The summed E-state index contributed by atoms with van der Waals surface area (Å²) < 4.78 is 21.0. The van der Waals surface area contributed by atoms with Gasteiger partial charge in [0.1, 0.15) is 0 Å². The average molecular weight is 278 g/mol. The number of carbonyl (C=O) groups is 1. The molecule has 20 heavy (non-hydrogen) atoms. The van der Waals surface area contributed by atoms with Gasteiger partial charge in [0.05, 0.1) is 28.4 Å². The Morgan fingerprint density at radius 2 is 1.70 bits per heavy atom. The highest BCUT2D eigenvalue weighted by molar-refractivity contribution is 6.02. The molecular formula is C15H18O5. The lowest BCUT2D eigenvalue weighted by Crippen LogP contribution is -2.05. The number of rotatable bonds is 4. The van der Waals surface area contributed by atoms with Gasteiger partial charge in [0.2, 0.25) is 5.75 Å². The van der Waals surface area contributed by atoms with Crippen LogP contribution < -0.4 is 14.2 Å². The second kappa shape index (κ2) is 5.45. The minimum atomic E-state index is -0.321. The lowest BCUT2D eigenvalue weighted by Gasteiger charge is -2.16. The van der Waals surface area contributed by atoms with Crippen molar-refractivity contribution in [3.8, 4) is 17.2 Å². The first-order valence-electron chi connectivity index (χ1n) is 6.19. The summed E-state index contributed by atoms with van der Waals surface area (Å²) in [7, 11) is 6.08. The molecule has 2 rings (SSSR count). The predicted octanol–water partition coefficient (Wildman–Crippen LogP) is 2.21. The molecule has 0 heterocycles. The van der Waals surface area contributed by atoms with Crippen LogP contribution in [-0.2, 0) is 16.0 Å². The molecule has 0 N–H and O–H groups in total. The fraction of sp³-hybridized carbons (Fsp3) is 0.400. The number of carbonyl (C=O) groups excluding carboxylic acids is 1. The van der Waals surface area contributed by atoms with Crippen LogP contribution in [0.4, 0.5) is 0 Å². The van der Waals surface area contributed by atoms with Crippen LogP contribution in [0.15, 0.2) is 11.6 Å². The zero-order valence-corrected chi connectivity index (χ0v) is 12.3. The molecule has 5 nitrogen and oxygen atoms in total. The van der Waals surface area contributed by atoms with E-state index < -0.39 is 0 Å². The number of esters is 1. The Hall–Kier alpha value is -2.17. The van der Waals surface area contributed by atoms with Crippen LogP contribution in [0.5, 0.6) is 17.2 Å². The first kappa shape index (κ1) is 14.2. The Morgan fingerprint density at radius 3 is 2.20 bits per heavy atom. The molecule has 0 amide bonds. The number of hydrogen-bond acceptors (Lipinski definition) is 5. The molecule has 0 fully saturated rings. The van der Waals surface area contributed by atoms with E-state index in [-0.39, 0.29) is 5.97 Å². The third kappa shape index (κ3) is 1.99. The van der Waals surface area contributed by atoms with Gasteiger partial charge in [0.25, 0.3) is 0 Å². The van der Waals surface area contributed by atoms with E-state index in [1.54, 1.807) is 21.3 Å². The molecular weight excluding hydrogens is 260 g/mol. The Kier molecular flexibility index (Phi) is 3.88. The molecule has 1 aliphatic carbocycles. The van der Waals surface area contributed by atoms with Crippen LogP contribution in [0.1, 0.15) is 18.1 Å². The van der Waals surface area contributed by atoms with Crippen molar-refractivity contribution >= 4 is 11.5 Å². The number of hydrogen-bond donors (Lipinski definition) is 0. The summed E-state index contributed by atoms with van der Waals surface area (Å²) in [4.78, 5) is 11.8. The molecule has 108 valence electrons. The van der Waals surface area contributed by atoms with Gasteiger partial charge < -0.3 is 18.9 Å². The second-order valence-corrected chi connectivity index (χ2v) is 4.45. The predicted molar refractivity (Wildman–Crippen MR) is 74.4 cm³/mol. The Balaban J connectivity index is 2.66. The maximum atomic E-state index is 11.8. The molecule has 0 bridgehead atoms. The van der Waals surface area contributed by atoms with Crippen LogP contribution in [0, 0.1) is 0 Å². The Bertz CT molecular complexity index is 586. The Morgan fingerprint density at radius 1 is 1.05 bits per heavy atom. The minimum absolute atomic E-state index is 0.321. The minimum Gasteiger partial charge on any atom is -0.493 e. The zero-order chi connectivity index (χ0) is 14.9. The quantitative estimate of drug-likeness (QED) is 0.790. The molecule has 0 radical (unpaired) electrons. The van der Waals surface area contributed by atoms with Crippen molar-refractivity contribution in [2.75, 3.05) is 28.4 Å². The van der Waals surface area contributed by atoms with Crippen LogP contribution in [0.3, 0.4) is 0 Å². The summed E-state index contributed by atoms with van der Waals surface area (Å²) in [5.74, 6) is 1.37. The van der Waals surface area contributed by atoms with Crippen LogP contribution >= 0.6 is 0 Å². The van der Waals surface area contributed by atoms with Gasteiger partial charge in [-0.15, -0.1) is 0 Å². The summed E-state index contributed by atoms with van der Waals surface area (Å²) in [5.41, 5.74) is 3.34. The normalized spacial score (nSPS) is 13.1. The van der Waals surface area contributed by atoms with Gasteiger partial charge in [0.15, 0.2) is 11.5 Å². The van der Waals surface area contributed by atoms with Crippen molar-refractivity contribution in [3.05, 3.63) is 22.8 Å². The van der Waals surface area contributed by atoms with Crippen molar-refractivity contribution in [1.82, 2.24) is 0 Å². The Labute approximate surface area is 118 Å². The molecule has 0 aromatic heterocycles. The average Bonchev–Trinajstić information content (AvgIpc) is 2.81. The van der Waals surface area contributed by atoms with Gasteiger partial charge >= 0.3 is 5.97 Å². The maximum Gasteiger partial charge on any atom is 0.334 e. The number of ether oxygens (including phenoxy) is 4. The highest BCUT2D eigenvalue weighted by atomic mass is 16.5. The third-order valence-corrected chi connectivity index (χ3v) is 3.54. The highest BCUT2D eigenvalue weighted by Crippen LogP contribution is 2.48. The van der Waals surface area contributed by atoms with Crippen molar-refractivity contribution in [2.45, 2.75) is 13.3 Å². The van der Waals surface area contributed by atoms with Crippen LogP contribution in [0.2, 0.25) is 0 Å². The number of fused-ring (bicyclic) bond motifs is 1. The topological polar surface area (TPSA) is 54.0 Å². The first-order chi connectivity index (χ1) is 9.58. The molecule has 0 saturated carbocycles. The van der Waals surface area contributed by atoms with Gasteiger partial charge in [-0.2, -0.15) is 0 Å². The van der Waals surface area contributed by atoms with E-state index in [0.717, 1.165) is 16.7 Å². The van der Waals surface area contributed by atoms with Gasteiger partial charge in [-0.25, -0.2) is 4.79 Å². The molecule has 5 heteroatoms. The monoisotopic (exact) mass is 278 g/mol. The van der Waals surface area contributed by atoms with Crippen molar-refractivity contribution < 1.29 is 23.7 Å². The fourth-order valence-corrected chi connectivity index (χ4v) is 2.58. The molecule has 0 saturated heterocycles. The number of methoxy groups -OCH3 is 4. The summed E-state index contributed by atoms with van der Waals surface area (Å²) >= 11 is 0. The molecule has 0 atom stereocenters. The van der Waals surface area contributed by atoms with Gasteiger partial charge in [-0.3, -0.25) is 0 Å². The number of allylic oxidation sites excluding steroid dienone is 1. The van der Waals surface area contributed by atoms with Crippen LogP contribution in [-0.4, -0.2) is 34.4 Å². The largest absolute Gasteiger partial charge is 0.493 e. The van der Waals surface area contributed by atoms with Crippen molar-refractivity contribution in [1.29, 1.82) is 0 Å². The van der Waals surface area contributed by atoms with E-state index in [1.165, 1.54) is 7.11 Å². The SMILES string of the molecule is COC(=O)C1=C(C)c2c(cc(OC)c(OC)c2OC)C1. The smallest absolute Gasteiger partial charge is 0.334 e. The van der Waals surface area contributed by atoms with Crippen molar-refractivity contribution in [2.24, 2.45) is 0 Å². The first-order valence-corrected chi connectivity index (χ1v) is 6.19. The lowest BCUT2D eigenvalue weighted by atomic mass is 10.0.